The number of ketones is 1. The van der Waals surface area contributed by atoms with E-state index in [9.17, 15) is 19.1 Å². The van der Waals surface area contributed by atoms with Crippen LogP contribution < -0.4 is 21.3 Å². The highest BCUT2D eigenvalue weighted by atomic mass is 19.1. The molecule has 0 aliphatic carbocycles. The number of nitrogens with one attached hydrogen (secondary N) is 4. The molecule has 12 nitrogen and oxygen atoms in total. The number of aromatic hydroxyl groups is 1. The first kappa shape index (κ1) is 32.8. The van der Waals surface area contributed by atoms with Gasteiger partial charge in [-0.05, 0) is 67.9 Å². The highest BCUT2D eigenvalue weighted by Gasteiger charge is 2.10. The zero-order valence-corrected chi connectivity index (χ0v) is 24.9. The Morgan fingerprint density at radius 3 is 2.02 bits per heavy atom. The molecule has 0 bridgehead atoms. The molecule has 0 radical (unpaired) electrons. The molecule has 45 heavy (non-hydrogen) atoms. The van der Waals surface area contributed by atoms with Gasteiger partial charge in [0.2, 0.25) is 17.8 Å². The molecule has 4 aromatic rings. The number of nitrogens with zero attached hydrogens (tertiary/aromatic N) is 3. The standard InChI is InChI=1S/C32H36FN7O5/c1-22(41)5-4-17-44-19-20-45-18-16-34-30-38-31(40-32(39-30)37-26-12-14-27(42)15-13-26)36-25-10-8-23(9-11-25)29(43)35-21-24-6-2-3-7-28(24)33/h2-3,6-15,42H,4-5,16-21H2,1H3,(H,35,43)(H3,34,36,37,38,39,40). The fraction of sp³-hybridized carbons (Fsp3) is 0.281. The van der Waals surface area contributed by atoms with Crippen molar-refractivity contribution in [1.82, 2.24) is 20.3 Å². The molecule has 0 aliphatic rings. The Morgan fingerprint density at radius 2 is 1.38 bits per heavy atom. The van der Waals surface area contributed by atoms with Gasteiger partial charge in [-0.3, -0.25) is 4.79 Å². The number of benzene rings is 3. The fourth-order valence-electron chi connectivity index (χ4n) is 3.97. The first-order valence-electron chi connectivity index (χ1n) is 14.5. The van der Waals surface area contributed by atoms with E-state index in [1.807, 2.05) is 0 Å². The van der Waals surface area contributed by atoms with E-state index in [2.05, 4.69) is 36.2 Å². The van der Waals surface area contributed by atoms with E-state index >= 15 is 0 Å². The monoisotopic (exact) mass is 617 g/mol. The largest absolute Gasteiger partial charge is 0.508 e. The van der Waals surface area contributed by atoms with Crippen molar-refractivity contribution >= 4 is 40.9 Å². The number of ether oxygens (including phenoxy) is 2. The summed E-state index contributed by atoms with van der Waals surface area (Å²) < 4.78 is 24.9. The summed E-state index contributed by atoms with van der Waals surface area (Å²) >= 11 is 0. The third-order valence-electron chi connectivity index (χ3n) is 6.28. The van der Waals surface area contributed by atoms with Crippen molar-refractivity contribution in [1.29, 1.82) is 0 Å². The number of Topliss-reactive ketones (excluding diaryl/α,β-unsaturated/α-hetero) is 1. The Hall–Kier alpha value is -5.14. The van der Waals surface area contributed by atoms with Gasteiger partial charge in [0.25, 0.3) is 5.91 Å². The van der Waals surface area contributed by atoms with Crippen LogP contribution in [0.4, 0.5) is 33.6 Å². The maximum Gasteiger partial charge on any atom is 0.251 e. The van der Waals surface area contributed by atoms with Gasteiger partial charge in [-0.2, -0.15) is 15.0 Å². The van der Waals surface area contributed by atoms with Crippen LogP contribution in [-0.4, -0.2) is 64.7 Å². The highest BCUT2D eigenvalue weighted by Crippen LogP contribution is 2.21. The molecule has 0 spiro atoms. The van der Waals surface area contributed by atoms with Crippen LogP contribution in [0.25, 0.3) is 0 Å². The van der Waals surface area contributed by atoms with Gasteiger partial charge in [-0.15, -0.1) is 0 Å². The SMILES string of the molecule is CC(=O)CCCOCCOCCNc1nc(Nc2ccc(O)cc2)nc(Nc2ccc(C(=O)NCc3ccccc3F)cc2)n1. The summed E-state index contributed by atoms with van der Waals surface area (Å²) in [6, 6.07) is 19.4. The molecule has 4 rings (SSSR count). The Balaban J connectivity index is 1.33. The highest BCUT2D eigenvalue weighted by molar-refractivity contribution is 5.94. The molecule has 5 N–H and O–H groups in total. The molecule has 3 aromatic carbocycles. The van der Waals surface area contributed by atoms with Crippen LogP contribution >= 0.6 is 0 Å². The second kappa shape index (κ2) is 17.2. The number of carbonyl (C=O) groups excluding carboxylic acids is 2. The summed E-state index contributed by atoms with van der Waals surface area (Å²) in [6.45, 7) is 3.80. The topological polar surface area (TPSA) is 160 Å². The molecule has 0 atom stereocenters. The number of anilines is 5. The van der Waals surface area contributed by atoms with Gasteiger partial charge in [0.1, 0.15) is 17.3 Å². The minimum atomic E-state index is -0.376. The minimum absolute atomic E-state index is 0.0734. The van der Waals surface area contributed by atoms with E-state index in [4.69, 9.17) is 9.47 Å². The Morgan fingerprint density at radius 1 is 0.778 bits per heavy atom. The zero-order valence-electron chi connectivity index (χ0n) is 24.9. The molecule has 0 unspecified atom stereocenters. The lowest BCUT2D eigenvalue weighted by Crippen LogP contribution is -2.23. The Labute approximate surface area is 260 Å². The van der Waals surface area contributed by atoms with Crippen molar-refractivity contribution in [2.45, 2.75) is 26.3 Å². The van der Waals surface area contributed by atoms with Crippen molar-refractivity contribution in [2.75, 3.05) is 48.9 Å². The number of phenolic OH excluding ortho intramolecular Hbond substituents is 1. The van der Waals surface area contributed by atoms with E-state index in [-0.39, 0.29) is 41.7 Å². The molecular weight excluding hydrogens is 581 g/mol. The number of rotatable bonds is 18. The van der Waals surface area contributed by atoms with Crippen molar-refractivity contribution in [3.8, 4) is 5.75 Å². The van der Waals surface area contributed by atoms with Crippen molar-refractivity contribution in [3.63, 3.8) is 0 Å². The number of aromatic nitrogens is 3. The maximum absolute atomic E-state index is 13.9. The first-order chi connectivity index (χ1) is 21.9. The minimum Gasteiger partial charge on any atom is -0.508 e. The van der Waals surface area contributed by atoms with Crippen LogP contribution in [0.2, 0.25) is 0 Å². The molecule has 236 valence electrons. The maximum atomic E-state index is 13.9. The fourth-order valence-corrected chi connectivity index (χ4v) is 3.97. The quantitative estimate of drug-likeness (QED) is 0.0760. The number of halogens is 1. The molecule has 0 aliphatic heterocycles. The van der Waals surface area contributed by atoms with Crippen LogP contribution in [0.3, 0.4) is 0 Å². The third kappa shape index (κ3) is 11.5. The predicted molar refractivity (Wildman–Crippen MR) is 169 cm³/mol. The lowest BCUT2D eigenvalue weighted by Gasteiger charge is -2.12. The summed E-state index contributed by atoms with van der Waals surface area (Å²) in [7, 11) is 0. The number of amides is 1. The summed E-state index contributed by atoms with van der Waals surface area (Å²) in [5.41, 5.74) is 2.09. The van der Waals surface area contributed by atoms with E-state index in [1.165, 1.54) is 6.07 Å². The van der Waals surface area contributed by atoms with Gasteiger partial charge in [-0.25, -0.2) is 4.39 Å². The van der Waals surface area contributed by atoms with Gasteiger partial charge >= 0.3 is 0 Å². The van der Waals surface area contributed by atoms with Crippen LogP contribution in [0.5, 0.6) is 5.75 Å². The van der Waals surface area contributed by atoms with E-state index in [0.717, 1.165) is 0 Å². The first-order valence-corrected chi connectivity index (χ1v) is 14.5. The molecule has 0 fully saturated rings. The summed E-state index contributed by atoms with van der Waals surface area (Å²) in [5.74, 6) is 0.358. The van der Waals surface area contributed by atoms with Crippen molar-refractivity contribution in [3.05, 3.63) is 89.7 Å². The molecule has 13 heteroatoms. The molecule has 1 aromatic heterocycles. The lowest BCUT2D eigenvalue weighted by molar-refractivity contribution is -0.117. The average molecular weight is 618 g/mol. The third-order valence-corrected chi connectivity index (χ3v) is 6.28. The van der Waals surface area contributed by atoms with Crippen LogP contribution in [0.1, 0.15) is 35.7 Å². The number of carbonyl (C=O) groups is 2. The summed E-state index contributed by atoms with van der Waals surface area (Å²) in [6.07, 6.45) is 1.21. The van der Waals surface area contributed by atoms with Crippen LogP contribution in [-0.2, 0) is 20.8 Å². The molecule has 0 saturated carbocycles. The summed E-state index contributed by atoms with van der Waals surface area (Å²) in [5, 5.41) is 21.6. The molecule has 1 heterocycles. The number of phenols is 1. The van der Waals surface area contributed by atoms with Gasteiger partial charge in [0.05, 0.1) is 19.8 Å². The van der Waals surface area contributed by atoms with Crippen molar-refractivity contribution in [2.24, 2.45) is 0 Å². The Kier molecular flexibility index (Phi) is 12.5. The Bertz CT molecular complexity index is 1540. The predicted octanol–water partition coefficient (Wildman–Crippen LogP) is 4.95. The molecular formula is C32H36FN7O5. The zero-order chi connectivity index (χ0) is 31.9. The van der Waals surface area contributed by atoms with Crippen LogP contribution in [0, 0.1) is 5.82 Å². The van der Waals surface area contributed by atoms with E-state index in [1.54, 1.807) is 73.7 Å². The van der Waals surface area contributed by atoms with Crippen molar-refractivity contribution < 1.29 is 28.6 Å². The van der Waals surface area contributed by atoms with E-state index < -0.39 is 0 Å². The van der Waals surface area contributed by atoms with Gasteiger partial charge in [0.15, 0.2) is 0 Å². The molecule has 1 amide bonds. The number of hydrogen-bond acceptors (Lipinski definition) is 11. The lowest BCUT2D eigenvalue weighted by atomic mass is 10.1. The van der Waals surface area contributed by atoms with Gasteiger partial charge in [0, 0.05) is 48.6 Å². The average Bonchev–Trinajstić information content (AvgIpc) is 3.02. The second-order valence-corrected chi connectivity index (χ2v) is 9.91. The summed E-state index contributed by atoms with van der Waals surface area (Å²) in [4.78, 5) is 36.9. The van der Waals surface area contributed by atoms with Gasteiger partial charge < -0.3 is 40.6 Å². The second-order valence-electron chi connectivity index (χ2n) is 9.91. The number of hydrogen-bond donors (Lipinski definition) is 5. The molecule has 0 saturated heterocycles. The van der Waals surface area contributed by atoms with E-state index in [0.29, 0.717) is 74.3 Å². The van der Waals surface area contributed by atoms with Gasteiger partial charge in [-0.1, -0.05) is 18.2 Å². The van der Waals surface area contributed by atoms with Crippen LogP contribution in [0.15, 0.2) is 72.8 Å². The smallest absolute Gasteiger partial charge is 0.251 e. The normalized spacial score (nSPS) is 10.7.